The van der Waals surface area contributed by atoms with Crippen LogP contribution in [0.1, 0.15) is 6.92 Å². The molecule has 3 heteroatoms. The van der Waals surface area contributed by atoms with E-state index < -0.39 is 5.97 Å². The van der Waals surface area contributed by atoms with Gasteiger partial charge in [-0.15, -0.1) is 0 Å². The third-order valence-corrected chi connectivity index (χ3v) is 3.07. The van der Waals surface area contributed by atoms with Gasteiger partial charge in [-0.25, -0.2) is 4.79 Å². The maximum absolute atomic E-state index is 11.6. The Kier molecular flexibility index (Phi) is 4.17. The molecule has 0 N–H and O–H groups in total. The molecule has 0 aliphatic rings. The van der Waals surface area contributed by atoms with Gasteiger partial charge in [0.15, 0.2) is 0 Å². The Morgan fingerprint density at radius 3 is 2.58 bits per heavy atom. The number of carbonyl (C=O) groups is 1. The fraction of sp³-hybridized carbons (Fsp3) is 0.0625. The van der Waals surface area contributed by atoms with E-state index in [0.29, 0.717) is 11.3 Å². The van der Waals surface area contributed by atoms with E-state index in [1.807, 2.05) is 42.5 Å². The maximum atomic E-state index is 11.6. The summed E-state index contributed by atoms with van der Waals surface area (Å²) in [5.74, 6) is 0.121. The topological polar surface area (TPSA) is 26.3 Å². The van der Waals surface area contributed by atoms with Gasteiger partial charge in [0.2, 0.25) is 0 Å². The lowest BCUT2D eigenvalue weighted by Gasteiger charge is -2.10. The zero-order valence-corrected chi connectivity index (χ0v) is 12.1. The summed E-state index contributed by atoms with van der Waals surface area (Å²) in [6.45, 7) is 5.21. The van der Waals surface area contributed by atoms with Gasteiger partial charge in [-0.1, -0.05) is 52.8 Å². The largest absolute Gasteiger partial charge is 0.423 e. The highest BCUT2D eigenvalue weighted by Crippen LogP contribution is 2.31. The highest BCUT2D eigenvalue weighted by atomic mass is 79.9. The molecule has 0 saturated heterocycles. The van der Waals surface area contributed by atoms with Crippen molar-refractivity contribution in [1.82, 2.24) is 0 Å². The van der Waals surface area contributed by atoms with Crippen molar-refractivity contribution in [2.75, 3.05) is 0 Å². The molecule has 0 aliphatic heterocycles. The second kappa shape index (κ2) is 5.85. The monoisotopic (exact) mass is 316 g/mol. The summed E-state index contributed by atoms with van der Waals surface area (Å²) in [7, 11) is 0. The SMILES string of the molecule is C=C(C)C(=O)Oc1ccccc1-c1cccc(Br)c1. The van der Waals surface area contributed by atoms with Gasteiger partial charge in [-0.3, -0.25) is 0 Å². The molecule has 0 saturated carbocycles. The molecule has 19 heavy (non-hydrogen) atoms. The number of halogens is 1. The molecule has 0 spiro atoms. The van der Waals surface area contributed by atoms with E-state index in [9.17, 15) is 4.79 Å². The minimum absolute atomic E-state index is 0.379. The molecule has 0 aliphatic carbocycles. The molecule has 0 atom stereocenters. The van der Waals surface area contributed by atoms with Gasteiger partial charge >= 0.3 is 5.97 Å². The highest BCUT2D eigenvalue weighted by Gasteiger charge is 2.10. The van der Waals surface area contributed by atoms with Gasteiger partial charge in [-0.2, -0.15) is 0 Å². The summed E-state index contributed by atoms with van der Waals surface area (Å²) in [6, 6.07) is 15.3. The summed E-state index contributed by atoms with van der Waals surface area (Å²) in [4.78, 5) is 11.6. The van der Waals surface area contributed by atoms with E-state index >= 15 is 0 Å². The van der Waals surface area contributed by atoms with Crippen LogP contribution in [0, 0.1) is 0 Å². The van der Waals surface area contributed by atoms with Crippen LogP contribution in [0.4, 0.5) is 0 Å². The summed E-state index contributed by atoms with van der Waals surface area (Å²) < 4.78 is 6.33. The minimum Gasteiger partial charge on any atom is -0.423 e. The molecular formula is C16H13BrO2. The second-order valence-electron chi connectivity index (χ2n) is 4.18. The summed E-state index contributed by atoms with van der Waals surface area (Å²) >= 11 is 3.44. The van der Waals surface area contributed by atoms with Crippen molar-refractivity contribution in [2.24, 2.45) is 0 Å². The van der Waals surface area contributed by atoms with Crippen molar-refractivity contribution in [3.63, 3.8) is 0 Å². The number of para-hydroxylation sites is 1. The van der Waals surface area contributed by atoms with Crippen molar-refractivity contribution >= 4 is 21.9 Å². The molecular weight excluding hydrogens is 304 g/mol. The zero-order valence-electron chi connectivity index (χ0n) is 10.5. The van der Waals surface area contributed by atoms with E-state index in [2.05, 4.69) is 22.5 Å². The number of rotatable bonds is 3. The van der Waals surface area contributed by atoms with Crippen LogP contribution in [0.5, 0.6) is 5.75 Å². The summed E-state index contributed by atoms with van der Waals surface area (Å²) in [6.07, 6.45) is 0. The number of carbonyl (C=O) groups excluding carboxylic acids is 1. The lowest BCUT2D eigenvalue weighted by molar-refractivity contribution is -0.130. The van der Waals surface area contributed by atoms with Crippen molar-refractivity contribution in [3.05, 3.63) is 65.2 Å². The fourth-order valence-electron chi connectivity index (χ4n) is 1.64. The lowest BCUT2D eigenvalue weighted by Crippen LogP contribution is -2.08. The van der Waals surface area contributed by atoms with Gasteiger partial charge < -0.3 is 4.74 Å². The lowest BCUT2D eigenvalue weighted by atomic mass is 10.0. The quantitative estimate of drug-likeness (QED) is 0.470. The Hall–Kier alpha value is -1.87. The van der Waals surface area contributed by atoms with E-state index in [4.69, 9.17) is 4.74 Å². The van der Waals surface area contributed by atoms with Crippen LogP contribution in [0.3, 0.4) is 0 Å². The second-order valence-corrected chi connectivity index (χ2v) is 5.09. The molecule has 0 radical (unpaired) electrons. The average Bonchev–Trinajstić information content (AvgIpc) is 2.39. The normalized spacial score (nSPS) is 10.0. The number of hydrogen-bond donors (Lipinski definition) is 0. The standard InChI is InChI=1S/C16H13BrO2/c1-11(2)16(18)19-15-9-4-3-8-14(15)12-6-5-7-13(17)10-12/h3-10H,1H2,2H3. The Labute approximate surface area is 120 Å². The fourth-order valence-corrected chi connectivity index (χ4v) is 2.04. The average molecular weight is 317 g/mol. The van der Waals surface area contributed by atoms with Crippen molar-refractivity contribution < 1.29 is 9.53 Å². The Morgan fingerprint density at radius 2 is 1.89 bits per heavy atom. The molecule has 2 rings (SSSR count). The van der Waals surface area contributed by atoms with Crippen LogP contribution < -0.4 is 4.74 Å². The minimum atomic E-state index is -0.414. The molecule has 2 aromatic carbocycles. The number of hydrogen-bond acceptors (Lipinski definition) is 2. The van der Waals surface area contributed by atoms with Crippen LogP contribution in [0.25, 0.3) is 11.1 Å². The van der Waals surface area contributed by atoms with Crippen molar-refractivity contribution in [2.45, 2.75) is 6.92 Å². The first kappa shape index (κ1) is 13.6. The molecule has 0 heterocycles. The Morgan fingerprint density at radius 1 is 1.16 bits per heavy atom. The number of benzene rings is 2. The zero-order chi connectivity index (χ0) is 13.8. The smallest absolute Gasteiger partial charge is 0.338 e. The Bertz CT molecular complexity index is 632. The predicted octanol–water partition coefficient (Wildman–Crippen LogP) is 4.60. The van der Waals surface area contributed by atoms with E-state index in [1.54, 1.807) is 13.0 Å². The number of ether oxygens (including phenoxy) is 1. The molecule has 0 amide bonds. The van der Waals surface area contributed by atoms with E-state index in [1.165, 1.54) is 0 Å². The van der Waals surface area contributed by atoms with Crippen LogP contribution in [-0.2, 0) is 4.79 Å². The molecule has 0 aromatic heterocycles. The van der Waals surface area contributed by atoms with Crippen LogP contribution in [-0.4, -0.2) is 5.97 Å². The van der Waals surface area contributed by atoms with Crippen molar-refractivity contribution in [3.8, 4) is 16.9 Å². The molecule has 2 nitrogen and oxygen atoms in total. The predicted molar refractivity (Wildman–Crippen MR) is 80.0 cm³/mol. The first-order chi connectivity index (χ1) is 9.08. The first-order valence-electron chi connectivity index (χ1n) is 5.80. The summed E-state index contributed by atoms with van der Waals surface area (Å²) in [5, 5.41) is 0. The Balaban J connectivity index is 2.41. The number of esters is 1. The van der Waals surface area contributed by atoms with Crippen LogP contribution in [0.2, 0.25) is 0 Å². The third-order valence-electron chi connectivity index (χ3n) is 2.57. The van der Waals surface area contributed by atoms with Gasteiger partial charge in [0, 0.05) is 15.6 Å². The first-order valence-corrected chi connectivity index (χ1v) is 6.60. The van der Waals surface area contributed by atoms with E-state index in [0.717, 1.165) is 15.6 Å². The molecule has 96 valence electrons. The molecule has 0 fully saturated rings. The van der Waals surface area contributed by atoms with E-state index in [-0.39, 0.29) is 0 Å². The highest BCUT2D eigenvalue weighted by molar-refractivity contribution is 9.10. The van der Waals surface area contributed by atoms with Gasteiger partial charge in [-0.05, 0) is 30.7 Å². The van der Waals surface area contributed by atoms with Gasteiger partial charge in [0.1, 0.15) is 5.75 Å². The van der Waals surface area contributed by atoms with Crippen LogP contribution in [0.15, 0.2) is 65.2 Å². The van der Waals surface area contributed by atoms with Crippen molar-refractivity contribution in [1.29, 1.82) is 0 Å². The van der Waals surface area contributed by atoms with Gasteiger partial charge in [0.25, 0.3) is 0 Å². The maximum Gasteiger partial charge on any atom is 0.338 e. The van der Waals surface area contributed by atoms with Crippen LogP contribution >= 0.6 is 15.9 Å². The summed E-state index contributed by atoms with van der Waals surface area (Å²) in [5.41, 5.74) is 2.24. The van der Waals surface area contributed by atoms with Gasteiger partial charge in [0.05, 0.1) is 0 Å². The molecule has 0 unspecified atom stereocenters. The third kappa shape index (κ3) is 3.32. The molecule has 0 bridgehead atoms. The molecule has 2 aromatic rings.